The molecule has 1 saturated heterocycles. The summed E-state index contributed by atoms with van der Waals surface area (Å²) in [7, 11) is 0. The van der Waals surface area contributed by atoms with Crippen molar-refractivity contribution in [2.24, 2.45) is 0 Å². The molecule has 1 amide bonds. The van der Waals surface area contributed by atoms with Crippen LogP contribution in [0.3, 0.4) is 0 Å². The van der Waals surface area contributed by atoms with Gasteiger partial charge < -0.3 is 15.0 Å². The van der Waals surface area contributed by atoms with Crippen LogP contribution in [-0.4, -0.2) is 30.7 Å². The van der Waals surface area contributed by atoms with Crippen molar-refractivity contribution in [1.29, 1.82) is 0 Å². The average molecular weight is 452 g/mol. The SMILES string of the molecule is Cc1ccc(OCC(=O)NC(=S)Nc2cc(C(F)(F)F)ccc2N2CCCC2)cc1C. The predicted molar refractivity (Wildman–Crippen MR) is 119 cm³/mol. The summed E-state index contributed by atoms with van der Waals surface area (Å²) in [5.41, 5.74) is 2.18. The van der Waals surface area contributed by atoms with Gasteiger partial charge in [0, 0.05) is 13.1 Å². The van der Waals surface area contributed by atoms with Gasteiger partial charge in [0.05, 0.1) is 16.9 Å². The summed E-state index contributed by atoms with van der Waals surface area (Å²) in [6.07, 6.45) is -2.54. The van der Waals surface area contributed by atoms with Crippen molar-refractivity contribution in [3.8, 4) is 5.75 Å². The third kappa shape index (κ3) is 6.10. The fraction of sp³-hybridized carbons (Fsp3) is 0.364. The molecule has 2 aromatic rings. The second-order valence-electron chi connectivity index (χ2n) is 7.46. The number of hydrogen-bond donors (Lipinski definition) is 2. The number of amides is 1. The summed E-state index contributed by atoms with van der Waals surface area (Å²) < 4.78 is 45.0. The first kappa shape index (κ1) is 22.9. The molecule has 1 fully saturated rings. The van der Waals surface area contributed by atoms with Crippen molar-refractivity contribution in [2.75, 3.05) is 29.9 Å². The largest absolute Gasteiger partial charge is 0.484 e. The molecule has 0 aromatic heterocycles. The first-order valence-corrected chi connectivity index (χ1v) is 10.3. The van der Waals surface area contributed by atoms with E-state index in [1.54, 1.807) is 6.07 Å². The third-order valence-electron chi connectivity index (χ3n) is 5.12. The maximum absolute atomic E-state index is 13.2. The molecule has 9 heteroatoms. The summed E-state index contributed by atoms with van der Waals surface area (Å²) in [4.78, 5) is 14.2. The Morgan fingerprint density at radius 1 is 1.10 bits per heavy atom. The minimum absolute atomic E-state index is 0.0894. The number of rotatable bonds is 5. The average Bonchev–Trinajstić information content (AvgIpc) is 3.22. The number of thiocarbonyl (C=S) groups is 1. The molecule has 5 nitrogen and oxygen atoms in total. The Balaban J connectivity index is 1.65. The van der Waals surface area contributed by atoms with Gasteiger partial charge in [0.1, 0.15) is 5.75 Å². The number of anilines is 2. The highest BCUT2D eigenvalue weighted by molar-refractivity contribution is 7.80. The highest BCUT2D eigenvalue weighted by Gasteiger charge is 2.32. The predicted octanol–water partition coefficient (Wildman–Crippen LogP) is 4.81. The van der Waals surface area contributed by atoms with E-state index in [0.29, 0.717) is 11.4 Å². The minimum atomic E-state index is -4.48. The van der Waals surface area contributed by atoms with Crippen molar-refractivity contribution in [1.82, 2.24) is 5.32 Å². The Hall–Kier alpha value is -2.81. The molecular formula is C22H24F3N3O2S. The molecule has 1 aliphatic heterocycles. The van der Waals surface area contributed by atoms with E-state index in [9.17, 15) is 18.0 Å². The highest BCUT2D eigenvalue weighted by atomic mass is 32.1. The van der Waals surface area contributed by atoms with E-state index in [1.807, 2.05) is 30.9 Å². The van der Waals surface area contributed by atoms with E-state index >= 15 is 0 Å². The van der Waals surface area contributed by atoms with E-state index in [2.05, 4.69) is 10.6 Å². The molecule has 0 bridgehead atoms. The molecular weight excluding hydrogens is 427 g/mol. The molecule has 1 aliphatic rings. The van der Waals surface area contributed by atoms with Crippen LogP contribution in [0.2, 0.25) is 0 Å². The molecule has 0 atom stereocenters. The van der Waals surface area contributed by atoms with Gasteiger partial charge in [-0.15, -0.1) is 0 Å². The van der Waals surface area contributed by atoms with Crippen LogP contribution in [0.4, 0.5) is 24.5 Å². The third-order valence-corrected chi connectivity index (χ3v) is 5.32. The summed E-state index contributed by atoms with van der Waals surface area (Å²) in [5.74, 6) is 0.0387. The van der Waals surface area contributed by atoms with Gasteiger partial charge >= 0.3 is 6.18 Å². The summed E-state index contributed by atoms with van der Waals surface area (Å²) in [6, 6.07) is 8.98. The lowest BCUT2D eigenvalue weighted by molar-refractivity contribution is -0.137. The van der Waals surface area contributed by atoms with Crippen LogP contribution in [0.15, 0.2) is 36.4 Å². The molecule has 2 N–H and O–H groups in total. The normalized spacial score (nSPS) is 13.8. The van der Waals surface area contributed by atoms with Gasteiger partial charge in [-0.1, -0.05) is 6.07 Å². The monoisotopic (exact) mass is 451 g/mol. The van der Waals surface area contributed by atoms with E-state index in [1.165, 1.54) is 6.07 Å². The van der Waals surface area contributed by atoms with Gasteiger partial charge in [-0.2, -0.15) is 13.2 Å². The Morgan fingerprint density at radius 3 is 2.45 bits per heavy atom. The van der Waals surface area contributed by atoms with Crippen LogP contribution in [0.1, 0.15) is 29.5 Å². The van der Waals surface area contributed by atoms with Crippen LogP contribution in [0, 0.1) is 13.8 Å². The number of carbonyl (C=O) groups is 1. The number of nitrogens with zero attached hydrogens (tertiary/aromatic N) is 1. The maximum Gasteiger partial charge on any atom is 0.416 e. The quantitative estimate of drug-likeness (QED) is 0.639. The van der Waals surface area contributed by atoms with E-state index in [4.69, 9.17) is 17.0 Å². The minimum Gasteiger partial charge on any atom is -0.484 e. The second-order valence-corrected chi connectivity index (χ2v) is 7.87. The van der Waals surface area contributed by atoms with Gasteiger partial charge in [-0.25, -0.2) is 0 Å². The van der Waals surface area contributed by atoms with Crippen molar-refractivity contribution < 1.29 is 22.7 Å². The molecule has 0 spiro atoms. The van der Waals surface area contributed by atoms with E-state index in [-0.39, 0.29) is 17.4 Å². The Kier molecular flexibility index (Phi) is 7.04. The number of aryl methyl sites for hydroxylation is 2. The van der Waals surface area contributed by atoms with Crippen molar-refractivity contribution >= 4 is 34.6 Å². The number of halogens is 3. The Labute approximate surface area is 184 Å². The van der Waals surface area contributed by atoms with Crippen LogP contribution >= 0.6 is 12.2 Å². The smallest absolute Gasteiger partial charge is 0.416 e. The number of nitrogens with one attached hydrogen (secondary N) is 2. The molecule has 0 aliphatic carbocycles. The molecule has 166 valence electrons. The van der Waals surface area contributed by atoms with E-state index < -0.39 is 17.6 Å². The molecule has 3 rings (SSSR count). The zero-order valence-corrected chi connectivity index (χ0v) is 18.1. The van der Waals surface area contributed by atoms with Crippen LogP contribution < -0.4 is 20.3 Å². The van der Waals surface area contributed by atoms with Gasteiger partial charge in [0.15, 0.2) is 11.7 Å². The van der Waals surface area contributed by atoms with Gasteiger partial charge in [0.25, 0.3) is 5.91 Å². The molecule has 2 aromatic carbocycles. The molecule has 0 unspecified atom stereocenters. The number of hydrogen-bond acceptors (Lipinski definition) is 4. The van der Waals surface area contributed by atoms with Gasteiger partial charge in [-0.05, 0) is 80.4 Å². The lowest BCUT2D eigenvalue weighted by Gasteiger charge is -2.23. The van der Waals surface area contributed by atoms with Crippen molar-refractivity contribution in [3.63, 3.8) is 0 Å². The Bertz CT molecular complexity index is 973. The van der Waals surface area contributed by atoms with Crippen molar-refractivity contribution in [2.45, 2.75) is 32.9 Å². The fourth-order valence-corrected chi connectivity index (χ4v) is 3.54. The van der Waals surface area contributed by atoms with E-state index in [0.717, 1.165) is 49.2 Å². The van der Waals surface area contributed by atoms with Crippen LogP contribution in [0.5, 0.6) is 5.75 Å². The molecule has 0 radical (unpaired) electrons. The molecule has 31 heavy (non-hydrogen) atoms. The summed E-state index contributed by atoms with van der Waals surface area (Å²) in [6.45, 7) is 5.15. The zero-order valence-electron chi connectivity index (χ0n) is 17.3. The van der Waals surface area contributed by atoms with Crippen LogP contribution in [0.25, 0.3) is 0 Å². The standard InChI is InChI=1S/C22H24F3N3O2S/c1-14-5-7-17(11-15(14)2)30-13-20(29)27-21(31)26-18-12-16(22(23,24)25)6-8-19(18)28-9-3-4-10-28/h5-8,11-12H,3-4,9-10,13H2,1-2H3,(H2,26,27,29,31). The fourth-order valence-electron chi connectivity index (χ4n) is 3.32. The zero-order chi connectivity index (χ0) is 22.6. The van der Waals surface area contributed by atoms with Gasteiger partial charge in [0.2, 0.25) is 0 Å². The van der Waals surface area contributed by atoms with Crippen LogP contribution in [-0.2, 0) is 11.0 Å². The second kappa shape index (κ2) is 9.55. The first-order valence-electron chi connectivity index (χ1n) is 9.90. The summed E-state index contributed by atoms with van der Waals surface area (Å²) in [5, 5.41) is 5.12. The lowest BCUT2D eigenvalue weighted by Crippen LogP contribution is -2.37. The number of ether oxygens (including phenoxy) is 1. The van der Waals surface area contributed by atoms with Gasteiger partial charge in [-0.3, -0.25) is 10.1 Å². The molecule has 0 saturated carbocycles. The van der Waals surface area contributed by atoms with Crippen molar-refractivity contribution in [3.05, 3.63) is 53.1 Å². The Morgan fingerprint density at radius 2 is 1.81 bits per heavy atom. The lowest BCUT2D eigenvalue weighted by atomic mass is 10.1. The number of benzene rings is 2. The highest BCUT2D eigenvalue weighted by Crippen LogP contribution is 2.36. The summed E-state index contributed by atoms with van der Waals surface area (Å²) >= 11 is 5.15. The number of carbonyl (C=O) groups excluding carboxylic acids is 1. The number of alkyl halides is 3. The first-order chi connectivity index (χ1) is 14.6. The molecule has 1 heterocycles. The topological polar surface area (TPSA) is 53.6 Å². The maximum atomic E-state index is 13.2.